The van der Waals surface area contributed by atoms with Gasteiger partial charge in [-0.05, 0) is 59.0 Å². The highest BCUT2D eigenvalue weighted by atomic mass is 15.2. The number of aromatic nitrogens is 3. The van der Waals surface area contributed by atoms with Crippen molar-refractivity contribution in [1.29, 1.82) is 0 Å². The Morgan fingerprint density at radius 2 is 2.17 bits per heavy atom. The first kappa shape index (κ1) is 16.4. The van der Waals surface area contributed by atoms with Crippen molar-refractivity contribution in [2.75, 3.05) is 33.7 Å². The van der Waals surface area contributed by atoms with Crippen LogP contribution in [0.4, 0.5) is 0 Å². The molecule has 126 valence electrons. The number of fused-ring (bicyclic) bond motifs is 1. The number of pyridine rings is 1. The molecule has 1 aliphatic rings. The van der Waals surface area contributed by atoms with Crippen LogP contribution in [0.15, 0.2) is 18.3 Å². The highest BCUT2D eigenvalue weighted by Crippen LogP contribution is 2.24. The zero-order valence-electron chi connectivity index (χ0n) is 14.9. The molecule has 0 saturated carbocycles. The van der Waals surface area contributed by atoms with E-state index in [4.69, 9.17) is 4.98 Å². The molecule has 2 aromatic heterocycles. The van der Waals surface area contributed by atoms with Crippen LogP contribution in [0.3, 0.4) is 0 Å². The Balaban J connectivity index is 1.80. The second-order valence-corrected chi connectivity index (χ2v) is 7.28. The number of rotatable bonds is 6. The van der Waals surface area contributed by atoms with Gasteiger partial charge in [0, 0.05) is 38.3 Å². The first-order valence-corrected chi connectivity index (χ1v) is 8.73. The van der Waals surface area contributed by atoms with Crippen LogP contribution in [0.2, 0.25) is 0 Å². The molecule has 1 aliphatic heterocycles. The fraction of sp³-hybridized carbons (Fsp3) is 0.667. The summed E-state index contributed by atoms with van der Waals surface area (Å²) in [7, 11) is 4.23. The number of likely N-dealkylation sites (N-methyl/N-ethyl adjacent to an activating group) is 1. The minimum absolute atomic E-state index is 0.647. The highest BCUT2D eigenvalue weighted by molar-refractivity contribution is 5.71. The van der Waals surface area contributed by atoms with Gasteiger partial charge in [-0.25, -0.2) is 9.97 Å². The lowest BCUT2D eigenvalue weighted by atomic mass is 10.0. The second-order valence-electron chi connectivity index (χ2n) is 7.28. The van der Waals surface area contributed by atoms with Gasteiger partial charge in [0.05, 0.1) is 0 Å². The minimum Gasteiger partial charge on any atom is -0.311 e. The lowest BCUT2D eigenvalue weighted by Crippen LogP contribution is -2.28. The van der Waals surface area contributed by atoms with Crippen molar-refractivity contribution in [2.24, 2.45) is 5.92 Å². The SMILES string of the molecule is CC(C)N1CCC(Cc2nc3cccnc3n2CCN(C)C)C1. The third kappa shape index (κ3) is 3.72. The van der Waals surface area contributed by atoms with Gasteiger partial charge in [0.15, 0.2) is 5.65 Å². The summed E-state index contributed by atoms with van der Waals surface area (Å²) in [5.41, 5.74) is 2.06. The van der Waals surface area contributed by atoms with E-state index in [9.17, 15) is 0 Å². The summed E-state index contributed by atoms with van der Waals surface area (Å²) in [6.07, 6.45) is 4.21. The van der Waals surface area contributed by atoms with Gasteiger partial charge in [0.2, 0.25) is 0 Å². The molecule has 0 radical (unpaired) electrons. The number of hydrogen-bond acceptors (Lipinski definition) is 4. The molecule has 1 atom stereocenters. The van der Waals surface area contributed by atoms with Gasteiger partial charge in [-0.1, -0.05) is 0 Å². The summed E-state index contributed by atoms with van der Waals surface area (Å²) in [4.78, 5) is 14.3. The second kappa shape index (κ2) is 6.97. The topological polar surface area (TPSA) is 37.2 Å². The molecule has 0 N–H and O–H groups in total. The average Bonchev–Trinajstić information content (AvgIpc) is 3.10. The minimum atomic E-state index is 0.647. The largest absolute Gasteiger partial charge is 0.311 e. The lowest BCUT2D eigenvalue weighted by Gasteiger charge is -2.20. The molecule has 0 spiro atoms. The molecule has 0 bridgehead atoms. The molecule has 1 fully saturated rings. The van der Waals surface area contributed by atoms with E-state index in [1.807, 2.05) is 12.3 Å². The van der Waals surface area contributed by atoms with Crippen LogP contribution in [-0.2, 0) is 13.0 Å². The van der Waals surface area contributed by atoms with Gasteiger partial charge in [-0.3, -0.25) is 0 Å². The molecule has 3 rings (SSSR count). The Bertz CT molecular complexity index is 646. The first-order chi connectivity index (χ1) is 11.0. The molecule has 0 aromatic carbocycles. The smallest absolute Gasteiger partial charge is 0.160 e. The van der Waals surface area contributed by atoms with Crippen LogP contribution in [-0.4, -0.2) is 64.1 Å². The number of hydrogen-bond donors (Lipinski definition) is 0. The van der Waals surface area contributed by atoms with Crippen LogP contribution in [0.1, 0.15) is 26.1 Å². The van der Waals surface area contributed by atoms with Crippen LogP contribution in [0.5, 0.6) is 0 Å². The maximum atomic E-state index is 4.89. The number of likely N-dealkylation sites (tertiary alicyclic amines) is 1. The molecule has 1 saturated heterocycles. The van der Waals surface area contributed by atoms with Crippen molar-refractivity contribution in [3.8, 4) is 0 Å². The summed E-state index contributed by atoms with van der Waals surface area (Å²) >= 11 is 0. The molecule has 0 aliphatic carbocycles. The van der Waals surface area contributed by atoms with E-state index in [1.165, 1.54) is 25.3 Å². The van der Waals surface area contributed by atoms with E-state index < -0.39 is 0 Å². The van der Waals surface area contributed by atoms with Crippen molar-refractivity contribution in [3.05, 3.63) is 24.2 Å². The lowest BCUT2D eigenvalue weighted by molar-refractivity contribution is 0.264. The summed E-state index contributed by atoms with van der Waals surface area (Å²) < 4.78 is 2.33. The predicted molar refractivity (Wildman–Crippen MR) is 94.6 cm³/mol. The number of imidazole rings is 1. The Morgan fingerprint density at radius 3 is 2.87 bits per heavy atom. The monoisotopic (exact) mass is 315 g/mol. The van der Waals surface area contributed by atoms with E-state index in [0.29, 0.717) is 12.0 Å². The molecule has 5 nitrogen and oxygen atoms in total. The first-order valence-electron chi connectivity index (χ1n) is 8.73. The summed E-state index contributed by atoms with van der Waals surface area (Å²) in [5.74, 6) is 1.92. The number of nitrogens with zero attached hydrogens (tertiary/aromatic N) is 5. The van der Waals surface area contributed by atoms with Crippen LogP contribution >= 0.6 is 0 Å². The molecule has 5 heteroatoms. The van der Waals surface area contributed by atoms with Gasteiger partial charge >= 0.3 is 0 Å². The van der Waals surface area contributed by atoms with Crippen molar-refractivity contribution in [1.82, 2.24) is 24.3 Å². The zero-order valence-corrected chi connectivity index (χ0v) is 14.9. The van der Waals surface area contributed by atoms with Crippen LogP contribution in [0.25, 0.3) is 11.2 Å². The van der Waals surface area contributed by atoms with Crippen molar-refractivity contribution < 1.29 is 0 Å². The van der Waals surface area contributed by atoms with Gasteiger partial charge < -0.3 is 14.4 Å². The van der Waals surface area contributed by atoms with E-state index >= 15 is 0 Å². The van der Waals surface area contributed by atoms with Crippen molar-refractivity contribution in [3.63, 3.8) is 0 Å². The van der Waals surface area contributed by atoms with Gasteiger partial charge in [-0.15, -0.1) is 0 Å². The van der Waals surface area contributed by atoms with Gasteiger partial charge in [-0.2, -0.15) is 0 Å². The third-order valence-electron chi connectivity index (χ3n) is 4.87. The fourth-order valence-corrected chi connectivity index (χ4v) is 3.45. The summed E-state index contributed by atoms with van der Waals surface area (Å²) in [6.45, 7) is 8.96. The van der Waals surface area contributed by atoms with E-state index in [1.54, 1.807) is 0 Å². The standard InChI is InChI=1S/C18H29N5/c1-14(2)22-9-7-15(13-22)12-17-20-16-6-5-8-19-18(16)23(17)11-10-21(3)4/h5-6,8,14-15H,7,9-13H2,1-4H3. The quantitative estimate of drug-likeness (QED) is 0.819. The highest BCUT2D eigenvalue weighted by Gasteiger charge is 2.26. The van der Waals surface area contributed by atoms with Gasteiger partial charge in [0.25, 0.3) is 0 Å². The van der Waals surface area contributed by atoms with Crippen LogP contribution < -0.4 is 0 Å². The van der Waals surface area contributed by atoms with Gasteiger partial charge in [0.1, 0.15) is 11.3 Å². The van der Waals surface area contributed by atoms with E-state index in [-0.39, 0.29) is 0 Å². The molecule has 1 unspecified atom stereocenters. The van der Waals surface area contributed by atoms with Crippen LogP contribution in [0, 0.1) is 5.92 Å². The predicted octanol–water partition coefficient (Wildman–Crippen LogP) is 2.27. The molecule has 2 aromatic rings. The maximum Gasteiger partial charge on any atom is 0.160 e. The van der Waals surface area contributed by atoms with Crippen molar-refractivity contribution in [2.45, 2.75) is 39.3 Å². The average molecular weight is 315 g/mol. The van der Waals surface area contributed by atoms with Crippen molar-refractivity contribution >= 4 is 11.2 Å². The maximum absolute atomic E-state index is 4.89. The summed E-state index contributed by atoms with van der Waals surface area (Å²) in [5, 5.41) is 0. The third-order valence-corrected chi connectivity index (χ3v) is 4.87. The Morgan fingerprint density at radius 1 is 1.35 bits per heavy atom. The molecule has 0 amide bonds. The summed E-state index contributed by atoms with van der Waals surface area (Å²) in [6, 6.07) is 4.70. The van der Waals surface area contributed by atoms with E-state index in [2.05, 4.69) is 53.4 Å². The Kier molecular flexibility index (Phi) is 4.97. The molecule has 23 heavy (non-hydrogen) atoms. The van der Waals surface area contributed by atoms with E-state index in [0.717, 1.165) is 30.7 Å². The molecular formula is C18H29N5. The molecular weight excluding hydrogens is 286 g/mol. The normalized spacial score (nSPS) is 19.5. The fourth-order valence-electron chi connectivity index (χ4n) is 3.45. The Hall–Kier alpha value is -1.46. The molecule has 3 heterocycles. The Labute approximate surface area is 139 Å². The zero-order chi connectivity index (χ0) is 16.4.